The smallest absolute Gasteiger partial charge is 0.408 e. The van der Waals surface area contributed by atoms with E-state index in [1.165, 1.54) is 7.11 Å². The largest absolute Gasteiger partial charge is 0.489 e. The van der Waals surface area contributed by atoms with Gasteiger partial charge in [-0.3, -0.25) is 9.59 Å². The van der Waals surface area contributed by atoms with Crippen molar-refractivity contribution in [3.8, 4) is 5.75 Å². The van der Waals surface area contributed by atoms with E-state index in [1.54, 1.807) is 65.8 Å². The molecule has 2 aromatic rings. The molecule has 2 atom stereocenters. The van der Waals surface area contributed by atoms with E-state index in [-0.39, 0.29) is 0 Å². The first-order chi connectivity index (χ1) is 16.3. The Morgan fingerprint density at radius 1 is 0.829 bits per heavy atom. The number of hydrogen-bond donors (Lipinski definition) is 1. The monoisotopic (exact) mass is 485 g/mol. The number of carbonyl (C=O) groups is 3. The predicted octanol–water partition coefficient (Wildman–Crippen LogP) is 4.96. The fourth-order valence-electron chi connectivity index (χ4n) is 3.19. The summed E-state index contributed by atoms with van der Waals surface area (Å²) in [4.78, 5) is 38.6. The molecule has 8 heteroatoms. The van der Waals surface area contributed by atoms with E-state index >= 15 is 0 Å². The lowest BCUT2D eigenvalue weighted by atomic mass is 9.92. The summed E-state index contributed by atoms with van der Waals surface area (Å²) in [7, 11) is 1.17. The third-order valence-electron chi connectivity index (χ3n) is 4.59. The van der Waals surface area contributed by atoms with Crippen LogP contribution in [0.25, 0.3) is 0 Å². The van der Waals surface area contributed by atoms with Crippen molar-refractivity contribution in [1.29, 1.82) is 0 Å². The normalized spacial score (nSPS) is 13.2. The van der Waals surface area contributed by atoms with Crippen molar-refractivity contribution in [3.05, 3.63) is 65.7 Å². The third-order valence-corrected chi connectivity index (χ3v) is 4.59. The number of alkyl carbamates (subject to hydrolysis) is 1. The molecular weight excluding hydrogens is 450 g/mol. The van der Waals surface area contributed by atoms with Gasteiger partial charge in [0.15, 0.2) is 5.92 Å². The number of hydrogen-bond acceptors (Lipinski definition) is 7. The molecular formula is C27H35NO7. The molecule has 0 aliphatic carbocycles. The van der Waals surface area contributed by atoms with Crippen LogP contribution in [0.4, 0.5) is 4.79 Å². The van der Waals surface area contributed by atoms with Gasteiger partial charge in [-0.15, -0.1) is 0 Å². The molecule has 1 amide bonds. The zero-order chi connectivity index (χ0) is 26.2. The molecule has 8 nitrogen and oxygen atoms in total. The Morgan fingerprint density at radius 3 is 2.03 bits per heavy atom. The Morgan fingerprint density at radius 2 is 1.46 bits per heavy atom. The van der Waals surface area contributed by atoms with E-state index in [4.69, 9.17) is 18.9 Å². The molecule has 190 valence electrons. The van der Waals surface area contributed by atoms with Gasteiger partial charge in [0.25, 0.3) is 0 Å². The Bertz CT molecular complexity index is 1010. The van der Waals surface area contributed by atoms with E-state index in [2.05, 4.69) is 5.32 Å². The average molecular weight is 486 g/mol. The molecule has 0 heterocycles. The third kappa shape index (κ3) is 9.31. The van der Waals surface area contributed by atoms with Crippen molar-refractivity contribution in [2.45, 2.75) is 65.4 Å². The summed E-state index contributed by atoms with van der Waals surface area (Å²) in [5.41, 5.74) is -0.229. The molecule has 0 aliphatic rings. The van der Waals surface area contributed by atoms with Gasteiger partial charge in [-0.05, 0) is 64.8 Å². The van der Waals surface area contributed by atoms with Crippen LogP contribution in [0, 0.1) is 5.92 Å². The summed E-state index contributed by atoms with van der Waals surface area (Å²) in [5, 5.41) is 2.65. The van der Waals surface area contributed by atoms with Gasteiger partial charge in [0, 0.05) is 0 Å². The van der Waals surface area contributed by atoms with Crippen molar-refractivity contribution in [3.63, 3.8) is 0 Å². The number of rotatable bonds is 8. The Balaban J connectivity index is 2.42. The first-order valence-electron chi connectivity index (χ1n) is 11.4. The molecule has 0 bridgehead atoms. The van der Waals surface area contributed by atoms with Gasteiger partial charge in [0.2, 0.25) is 0 Å². The van der Waals surface area contributed by atoms with Crippen LogP contribution in [0.1, 0.15) is 58.7 Å². The zero-order valence-electron chi connectivity index (χ0n) is 21.4. The lowest BCUT2D eigenvalue weighted by Crippen LogP contribution is -2.45. The first kappa shape index (κ1) is 27.7. The molecule has 1 N–H and O–H groups in total. The van der Waals surface area contributed by atoms with E-state index in [0.29, 0.717) is 17.9 Å². The van der Waals surface area contributed by atoms with Gasteiger partial charge in [0.05, 0.1) is 13.2 Å². The summed E-state index contributed by atoms with van der Waals surface area (Å²) in [6.07, 6.45) is -0.796. The van der Waals surface area contributed by atoms with Gasteiger partial charge in [-0.25, -0.2) is 4.79 Å². The average Bonchev–Trinajstić information content (AvgIpc) is 2.75. The van der Waals surface area contributed by atoms with Gasteiger partial charge >= 0.3 is 18.0 Å². The molecule has 0 saturated heterocycles. The predicted molar refractivity (Wildman–Crippen MR) is 131 cm³/mol. The number of esters is 2. The van der Waals surface area contributed by atoms with Gasteiger partial charge in [0.1, 0.15) is 23.6 Å². The van der Waals surface area contributed by atoms with E-state index in [0.717, 1.165) is 5.56 Å². The van der Waals surface area contributed by atoms with Crippen LogP contribution >= 0.6 is 0 Å². The fourth-order valence-corrected chi connectivity index (χ4v) is 3.19. The second-order valence-electron chi connectivity index (χ2n) is 10.0. The Kier molecular flexibility index (Phi) is 9.28. The van der Waals surface area contributed by atoms with E-state index in [1.807, 2.05) is 30.3 Å². The topological polar surface area (TPSA) is 100 Å². The van der Waals surface area contributed by atoms with Crippen molar-refractivity contribution in [1.82, 2.24) is 5.32 Å². The quantitative estimate of drug-likeness (QED) is 0.320. The summed E-state index contributed by atoms with van der Waals surface area (Å²) in [5.74, 6) is -2.66. The minimum atomic E-state index is -1.48. The van der Waals surface area contributed by atoms with Crippen molar-refractivity contribution < 1.29 is 33.3 Å². The molecule has 0 spiro atoms. The number of methoxy groups -OCH3 is 1. The molecule has 2 unspecified atom stereocenters. The minimum absolute atomic E-state index is 0.320. The fraction of sp³-hybridized carbons (Fsp3) is 0.444. The van der Waals surface area contributed by atoms with Gasteiger partial charge in [-0.1, -0.05) is 42.5 Å². The second kappa shape index (κ2) is 11.7. The van der Waals surface area contributed by atoms with Crippen LogP contribution in [0.5, 0.6) is 5.75 Å². The molecule has 0 aromatic heterocycles. The standard InChI is InChI=1S/C27H35NO7/c1-26(2,3)34-24(30)21(23(29)32-7)22(28-25(31)35-27(4,5)6)19-14-11-15-20(16-19)33-17-18-12-9-8-10-13-18/h8-16,21-22H,17H2,1-7H3,(H,28,31). The van der Waals surface area contributed by atoms with Crippen LogP contribution in [-0.4, -0.2) is 36.3 Å². The van der Waals surface area contributed by atoms with Crippen LogP contribution in [0.3, 0.4) is 0 Å². The molecule has 2 aromatic carbocycles. The maximum Gasteiger partial charge on any atom is 0.408 e. The maximum absolute atomic E-state index is 13.1. The molecule has 0 aliphatic heterocycles. The highest BCUT2D eigenvalue weighted by atomic mass is 16.6. The summed E-state index contributed by atoms with van der Waals surface area (Å²) < 4.78 is 21.7. The summed E-state index contributed by atoms with van der Waals surface area (Å²) in [6.45, 7) is 10.5. The molecule has 0 fully saturated rings. The zero-order valence-corrected chi connectivity index (χ0v) is 21.4. The SMILES string of the molecule is COC(=O)C(C(=O)OC(C)(C)C)C(NC(=O)OC(C)(C)C)c1cccc(OCc2ccccc2)c1. The number of ether oxygens (including phenoxy) is 4. The van der Waals surface area contributed by atoms with Crippen molar-refractivity contribution >= 4 is 18.0 Å². The molecule has 0 saturated carbocycles. The lowest BCUT2D eigenvalue weighted by molar-refractivity contribution is -0.169. The Hall–Kier alpha value is -3.55. The molecule has 0 radical (unpaired) electrons. The first-order valence-corrected chi connectivity index (χ1v) is 11.4. The van der Waals surface area contributed by atoms with Crippen LogP contribution in [0.15, 0.2) is 54.6 Å². The van der Waals surface area contributed by atoms with Crippen LogP contribution in [0.2, 0.25) is 0 Å². The highest BCUT2D eigenvalue weighted by Gasteiger charge is 2.41. The summed E-state index contributed by atoms with van der Waals surface area (Å²) >= 11 is 0. The van der Waals surface area contributed by atoms with Crippen LogP contribution < -0.4 is 10.1 Å². The van der Waals surface area contributed by atoms with Crippen molar-refractivity contribution in [2.24, 2.45) is 5.92 Å². The van der Waals surface area contributed by atoms with Crippen LogP contribution in [-0.2, 0) is 30.4 Å². The molecule has 2 rings (SSSR count). The highest BCUT2D eigenvalue weighted by Crippen LogP contribution is 2.30. The highest BCUT2D eigenvalue weighted by molar-refractivity contribution is 5.96. The second-order valence-corrected chi connectivity index (χ2v) is 10.0. The molecule has 35 heavy (non-hydrogen) atoms. The number of carbonyl (C=O) groups excluding carboxylic acids is 3. The number of nitrogens with one attached hydrogen (secondary N) is 1. The van der Waals surface area contributed by atoms with Crippen molar-refractivity contribution in [2.75, 3.05) is 7.11 Å². The maximum atomic E-state index is 13.1. The van der Waals surface area contributed by atoms with E-state index in [9.17, 15) is 14.4 Å². The number of benzene rings is 2. The summed E-state index contributed by atoms with van der Waals surface area (Å²) in [6, 6.07) is 15.3. The van der Waals surface area contributed by atoms with Gasteiger partial charge in [-0.2, -0.15) is 0 Å². The number of amides is 1. The van der Waals surface area contributed by atoms with Gasteiger partial charge < -0.3 is 24.3 Å². The Labute approximate surface area is 206 Å². The minimum Gasteiger partial charge on any atom is -0.489 e. The lowest BCUT2D eigenvalue weighted by Gasteiger charge is -2.29. The van der Waals surface area contributed by atoms with E-state index < -0.39 is 41.2 Å².